The van der Waals surface area contributed by atoms with Crippen molar-refractivity contribution in [1.82, 2.24) is 4.98 Å². The van der Waals surface area contributed by atoms with Gasteiger partial charge < -0.3 is 24.3 Å². The fourth-order valence-electron chi connectivity index (χ4n) is 3.82. The number of esters is 1. The summed E-state index contributed by atoms with van der Waals surface area (Å²) in [6, 6.07) is 4.68. The second kappa shape index (κ2) is 11.1. The van der Waals surface area contributed by atoms with Crippen LogP contribution in [0.2, 0.25) is 0 Å². The molecule has 1 fully saturated rings. The van der Waals surface area contributed by atoms with Crippen molar-refractivity contribution in [3.8, 4) is 23.0 Å². The summed E-state index contributed by atoms with van der Waals surface area (Å²) >= 11 is 0. The Morgan fingerprint density at radius 3 is 2.22 bits per heavy atom. The monoisotopic (exact) mass is 588 g/mol. The molecule has 0 aliphatic heterocycles. The highest BCUT2D eigenvalue weighted by Crippen LogP contribution is 2.44. The summed E-state index contributed by atoms with van der Waals surface area (Å²) in [5.41, 5.74) is -2.72. The number of halogens is 7. The van der Waals surface area contributed by atoms with E-state index >= 15 is 4.39 Å². The molecule has 1 aliphatic carbocycles. The average molecular weight is 588 g/mol. The van der Waals surface area contributed by atoms with Gasteiger partial charge in [-0.15, -0.1) is 13.2 Å². The second-order valence-electron chi connectivity index (χ2n) is 8.64. The molecule has 41 heavy (non-hydrogen) atoms. The largest absolute Gasteiger partial charge is 0.573 e. The van der Waals surface area contributed by atoms with E-state index in [4.69, 9.17) is 9.47 Å². The van der Waals surface area contributed by atoms with Gasteiger partial charge in [0.25, 0.3) is 5.91 Å². The van der Waals surface area contributed by atoms with Crippen LogP contribution in [0.25, 0.3) is 0 Å². The zero-order valence-corrected chi connectivity index (χ0v) is 21.1. The molecular weight excluding hydrogens is 569 g/mol. The highest BCUT2D eigenvalue weighted by atomic mass is 19.4. The van der Waals surface area contributed by atoms with Gasteiger partial charge in [-0.25, -0.2) is 14.2 Å². The van der Waals surface area contributed by atoms with Crippen molar-refractivity contribution in [2.24, 2.45) is 0 Å². The molecule has 0 spiro atoms. The van der Waals surface area contributed by atoms with E-state index < -0.39 is 52.9 Å². The van der Waals surface area contributed by atoms with E-state index in [0.29, 0.717) is 30.5 Å². The third-order valence-corrected chi connectivity index (χ3v) is 5.82. The van der Waals surface area contributed by atoms with E-state index in [1.54, 1.807) is 0 Å². The Labute approximate surface area is 227 Å². The van der Waals surface area contributed by atoms with Crippen molar-refractivity contribution >= 4 is 17.6 Å². The Morgan fingerprint density at radius 1 is 0.951 bits per heavy atom. The molecule has 0 atom stereocenters. The first-order chi connectivity index (χ1) is 19.2. The number of carbonyl (C=O) groups is 2. The van der Waals surface area contributed by atoms with Gasteiger partial charge >= 0.3 is 18.5 Å². The highest BCUT2D eigenvalue weighted by Gasteiger charge is 2.38. The lowest BCUT2D eigenvalue weighted by Crippen LogP contribution is -2.20. The standard InChI is InChI=1S/C26H19F7N2O6/c1-38-20-9-13(41-26(31,32)33)5-7-18(20)40-19-8-6-15(25(28,29)30)22(27)21(19)23(36)35-16-10-17(24(37)39-2)34-11-14(16)12-3-4-12/h5-12H,3-4H2,1-2H3,(H,34,35,36). The van der Waals surface area contributed by atoms with Crippen LogP contribution in [0.3, 0.4) is 0 Å². The van der Waals surface area contributed by atoms with Crippen LogP contribution in [-0.4, -0.2) is 37.4 Å². The van der Waals surface area contributed by atoms with Gasteiger partial charge in [-0.1, -0.05) is 0 Å². The van der Waals surface area contributed by atoms with Crippen molar-refractivity contribution in [3.63, 3.8) is 0 Å². The van der Waals surface area contributed by atoms with Crippen LogP contribution in [0.1, 0.15) is 50.7 Å². The van der Waals surface area contributed by atoms with Gasteiger partial charge in [0.15, 0.2) is 17.3 Å². The third kappa shape index (κ3) is 6.78. The third-order valence-electron chi connectivity index (χ3n) is 5.82. The quantitative estimate of drug-likeness (QED) is 0.227. The molecule has 4 rings (SSSR count). The van der Waals surface area contributed by atoms with Gasteiger partial charge in [0.2, 0.25) is 0 Å². The van der Waals surface area contributed by atoms with Crippen LogP contribution in [0, 0.1) is 5.82 Å². The Bertz CT molecular complexity index is 1490. The Morgan fingerprint density at radius 2 is 1.63 bits per heavy atom. The number of hydrogen-bond acceptors (Lipinski definition) is 7. The van der Waals surface area contributed by atoms with Gasteiger partial charge in [-0.05, 0) is 54.7 Å². The Kier molecular flexibility index (Phi) is 7.99. The number of alkyl halides is 6. The predicted molar refractivity (Wildman–Crippen MR) is 127 cm³/mol. The molecule has 2 aromatic carbocycles. The molecule has 15 heteroatoms. The summed E-state index contributed by atoms with van der Waals surface area (Å²) < 4.78 is 113. The predicted octanol–water partition coefficient (Wildman–Crippen LogP) is 6.86. The minimum atomic E-state index is -5.19. The van der Waals surface area contributed by atoms with E-state index in [1.807, 2.05) is 0 Å². The van der Waals surface area contributed by atoms with Crippen molar-refractivity contribution < 1.29 is 59.3 Å². The van der Waals surface area contributed by atoms with Gasteiger partial charge in [0.1, 0.15) is 22.8 Å². The van der Waals surface area contributed by atoms with Crippen LogP contribution in [0.4, 0.5) is 36.4 Å². The number of amides is 1. The van der Waals surface area contributed by atoms with Gasteiger partial charge in [0.05, 0.1) is 19.8 Å². The normalized spacial score (nSPS) is 13.4. The van der Waals surface area contributed by atoms with E-state index in [9.17, 15) is 35.9 Å². The molecule has 0 radical (unpaired) electrons. The summed E-state index contributed by atoms with van der Waals surface area (Å²) in [4.78, 5) is 29.3. The van der Waals surface area contributed by atoms with Crippen molar-refractivity contribution in [2.75, 3.05) is 19.5 Å². The SMILES string of the molecule is COC(=O)c1cc(NC(=O)c2c(Oc3ccc(OC(F)(F)F)cc3OC)ccc(C(F)(F)F)c2F)c(C2CC2)cn1. The van der Waals surface area contributed by atoms with Crippen molar-refractivity contribution in [1.29, 1.82) is 0 Å². The Hall–Kier alpha value is -4.56. The molecule has 0 unspecified atom stereocenters. The summed E-state index contributed by atoms with van der Waals surface area (Å²) in [6.45, 7) is 0. The lowest BCUT2D eigenvalue weighted by atomic mass is 10.1. The van der Waals surface area contributed by atoms with Crippen molar-refractivity contribution in [2.45, 2.75) is 31.3 Å². The maximum absolute atomic E-state index is 15.3. The first-order valence-corrected chi connectivity index (χ1v) is 11.6. The molecule has 1 N–H and O–H groups in total. The molecule has 1 aromatic heterocycles. The molecule has 1 saturated carbocycles. The van der Waals surface area contributed by atoms with Crippen LogP contribution < -0.4 is 19.5 Å². The fourth-order valence-corrected chi connectivity index (χ4v) is 3.82. The summed E-state index contributed by atoms with van der Waals surface area (Å²) in [5.74, 6) is -6.43. The molecule has 8 nitrogen and oxygen atoms in total. The number of nitrogens with zero attached hydrogens (tertiary/aromatic N) is 1. The second-order valence-corrected chi connectivity index (χ2v) is 8.64. The summed E-state index contributed by atoms with van der Waals surface area (Å²) in [5, 5.41) is 2.33. The van der Waals surface area contributed by atoms with Crippen LogP contribution in [-0.2, 0) is 10.9 Å². The van der Waals surface area contributed by atoms with Crippen LogP contribution in [0.15, 0.2) is 42.6 Å². The number of aromatic nitrogens is 1. The number of ether oxygens (including phenoxy) is 4. The minimum Gasteiger partial charge on any atom is -0.493 e. The number of hydrogen-bond donors (Lipinski definition) is 1. The average Bonchev–Trinajstić information content (AvgIpc) is 3.73. The fraction of sp³-hybridized carbons (Fsp3) is 0.269. The molecule has 1 aliphatic rings. The molecule has 0 saturated heterocycles. The lowest BCUT2D eigenvalue weighted by molar-refractivity contribution is -0.274. The van der Waals surface area contributed by atoms with Crippen LogP contribution >= 0.6 is 0 Å². The molecule has 1 heterocycles. The highest BCUT2D eigenvalue weighted by molar-refractivity contribution is 6.07. The van der Waals surface area contributed by atoms with Crippen LogP contribution in [0.5, 0.6) is 23.0 Å². The van der Waals surface area contributed by atoms with E-state index in [1.165, 1.54) is 6.20 Å². The zero-order chi connectivity index (χ0) is 30.1. The molecule has 218 valence electrons. The number of benzene rings is 2. The van der Waals surface area contributed by atoms with E-state index in [0.717, 1.165) is 38.5 Å². The van der Waals surface area contributed by atoms with Gasteiger partial charge in [-0.2, -0.15) is 13.2 Å². The minimum absolute atomic E-state index is 0.0121. The summed E-state index contributed by atoms with van der Waals surface area (Å²) in [6.07, 6.45) is -7.51. The number of nitrogens with one attached hydrogen (secondary N) is 1. The number of carbonyl (C=O) groups excluding carboxylic acids is 2. The lowest BCUT2D eigenvalue weighted by Gasteiger charge is -2.18. The Balaban J connectivity index is 1.76. The maximum atomic E-state index is 15.3. The number of anilines is 1. The van der Waals surface area contributed by atoms with E-state index in [-0.39, 0.29) is 28.8 Å². The molecular formula is C26H19F7N2O6. The number of pyridine rings is 1. The van der Waals surface area contributed by atoms with E-state index in [2.05, 4.69) is 19.8 Å². The zero-order valence-electron chi connectivity index (χ0n) is 21.1. The molecule has 0 bridgehead atoms. The topological polar surface area (TPSA) is 96.0 Å². The van der Waals surface area contributed by atoms with Crippen molar-refractivity contribution in [3.05, 3.63) is 70.8 Å². The number of rotatable bonds is 8. The smallest absolute Gasteiger partial charge is 0.493 e. The maximum Gasteiger partial charge on any atom is 0.573 e. The van der Waals surface area contributed by atoms with Gasteiger partial charge in [-0.3, -0.25) is 4.79 Å². The molecule has 3 aromatic rings. The summed E-state index contributed by atoms with van der Waals surface area (Å²) in [7, 11) is 2.15. The van der Waals surface area contributed by atoms with Gasteiger partial charge in [0, 0.05) is 18.0 Å². The first kappa shape index (κ1) is 29.4. The molecule has 1 amide bonds. The first-order valence-electron chi connectivity index (χ1n) is 11.6. The number of methoxy groups -OCH3 is 2.